The molecule has 0 unspecified atom stereocenters. The molecule has 5 aromatic carbocycles. The zero-order valence-corrected chi connectivity index (χ0v) is 24.1. The van der Waals surface area contributed by atoms with Crippen LogP contribution in [0.25, 0.3) is 45.4 Å². The third kappa shape index (κ3) is 4.88. The van der Waals surface area contributed by atoms with Gasteiger partial charge in [-0.05, 0) is 24.3 Å². The molecule has 0 amide bonds. The number of ether oxygens (including phenoxy) is 2. The molecule has 2 aromatic heterocycles. The van der Waals surface area contributed by atoms with Gasteiger partial charge < -0.3 is 9.47 Å². The van der Waals surface area contributed by atoms with Gasteiger partial charge in [-0.25, -0.2) is 15.0 Å². The number of hydrogen-bond donors (Lipinski definition) is 0. The van der Waals surface area contributed by atoms with Crippen molar-refractivity contribution < 1.29 is 9.47 Å². The molecule has 0 radical (unpaired) electrons. The summed E-state index contributed by atoms with van der Waals surface area (Å²) < 4.78 is 13.5. The molecule has 214 valence electrons. The molecule has 0 atom stereocenters. The van der Waals surface area contributed by atoms with E-state index in [4.69, 9.17) is 29.4 Å². The van der Waals surface area contributed by atoms with E-state index in [2.05, 4.69) is 0 Å². The maximum absolute atomic E-state index is 6.80. The first-order valence-corrected chi connectivity index (χ1v) is 14.7. The van der Waals surface area contributed by atoms with E-state index in [9.17, 15) is 0 Å². The van der Waals surface area contributed by atoms with Crippen molar-refractivity contribution in [2.24, 2.45) is 0 Å². The second-order valence-corrected chi connectivity index (χ2v) is 10.7. The number of fused-ring (bicyclic) bond motifs is 1. The summed E-state index contributed by atoms with van der Waals surface area (Å²) in [4.78, 5) is 19.3. The van der Waals surface area contributed by atoms with Gasteiger partial charge in [0.15, 0.2) is 29.0 Å². The fourth-order valence-electron chi connectivity index (χ4n) is 5.56. The first-order valence-electron chi connectivity index (χ1n) is 14.7. The number of aromatic nitrogens is 4. The lowest BCUT2D eigenvalue weighted by Gasteiger charge is -2.28. The van der Waals surface area contributed by atoms with E-state index < -0.39 is 5.79 Å². The summed E-state index contributed by atoms with van der Waals surface area (Å²) in [5.74, 6) is 1.94. The van der Waals surface area contributed by atoms with Crippen LogP contribution in [0.5, 0.6) is 11.5 Å². The normalized spacial score (nSPS) is 13.0. The molecule has 0 bridgehead atoms. The predicted molar refractivity (Wildman–Crippen MR) is 174 cm³/mol. The van der Waals surface area contributed by atoms with E-state index in [1.54, 1.807) is 6.20 Å². The van der Waals surface area contributed by atoms with Crippen LogP contribution in [0, 0.1) is 0 Å². The van der Waals surface area contributed by atoms with Crippen molar-refractivity contribution >= 4 is 0 Å². The lowest BCUT2D eigenvalue weighted by atomic mass is 9.97. The summed E-state index contributed by atoms with van der Waals surface area (Å²) in [6, 6.07) is 49.7. The van der Waals surface area contributed by atoms with Crippen molar-refractivity contribution in [2.75, 3.05) is 0 Å². The third-order valence-corrected chi connectivity index (χ3v) is 7.78. The highest BCUT2D eigenvalue weighted by Gasteiger charge is 2.46. The largest absolute Gasteiger partial charge is 0.440 e. The Morgan fingerprint density at radius 1 is 0.422 bits per heavy atom. The first-order chi connectivity index (χ1) is 22.3. The van der Waals surface area contributed by atoms with Crippen LogP contribution in [-0.4, -0.2) is 19.9 Å². The van der Waals surface area contributed by atoms with Gasteiger partial charge in [-0.2, -0.15) is 0 Å². The Hall–Kier alpha value is -6.14. The highest BCUT2D eigenvalue weighted by atomic mass is 16.7. The van der Waals surface area contributed by atoms with Gasteiger partial charge in [-0.3, -0.25) is 4.98 Å². The first kappa shape index (κ1) is 26.5. The zero-order valence-electron chi connectivity index (χ0n) is 24.1. The maximum atomic E-state index is 6.80. The lowest BCUT2D eigenvalue weighted by molar-refractivity contribution is -0.0456. The molecule has 0 spiro atoms. The van der Waals surface area contributed by atoms with Gasteiger partial charge in [0, 0.05) is 39.6 Å². The van der Waals surface area contributed by atoms with Gasteiger partial charge in [0.05, 0.1) is 5.69 Å². The van der Waals surface area contributed by atoms with Crippen LogP contribution in [-0.2, 0) is 5.79 Å². The number of nitrogens with zero attached hydrogens (tertiary/aromatic N) is 4. The van der Waals surface area contributed by atoms with E-state index >= 15 is 0 Å². The van der Waals surface area contributed by atoms with Gasteiger partial charge >= 0.3 is 5.79 Å². The molecular formula is C39H26N4O2. The van der Waals surface area contributed by atoms with Crippen LogP contribution in [0.4, 0.5) is 0 Å². The summed E-state index contributed by atoms with van der Waals surface area (Å²) in [6.07, 6.45) is 1.80. The minimum atomic E-state index is -1.12. The summed E-state index contributed by atoms with van der Waals surface area (Å²) in [5, 5.41) is 0. The topological polar surface area (TPSA) is 70.0 Å². The molecule has 8 rings (SSSR count). The summed E-state index contributed by atoms with van der Waals surface area (Å²) in [5.41, 5.74) is 6.00. The fraction of sp³-hybridized carbons (Fsp3) is 0.0256. The molecule has 0 aliphatic carbocycles. The molecule has 7 aromatic rings. The Balaban J connectivity index is 1.18. The summed E-state index contributed by atoms with van der Waals surface area (Å²) in [6.45, 7) is 0. The Labute approximate surface area is 260 Å². The summed E-state index contributed by atoms with van der Waals surface area (Å²) in [7, 11) is 0. The average molecular weight is 583 g/mol. The number of para-hydroxylation sites is 1. The van der Waals surface area contributed by atoms with E-state index in [-0.39, 0.29) is 0 Å². The van der Waals surface area contributed by atoms with Crippen LogP contribution in [0.1, 0.15) is 11.1 Å². The SMILES string of the molecule is c1ccc(-c2nc(-c3ccccc3)nc(-c3ccc(-c4cccc5c4OC(c4ccccc4)(c4ccccc4)O5)nc3)n2)cc1. The molecule has 3 heterocycles. The third-order valence-electron chi connectivity index (χ3n) is 7.78. The minimum absolute atomic E-state index is 0.548. The van der Waals surface area contributed by atoms with Gasteiger partial charge in [0.1, 0.15) is 0 Å². The molecule has 1 aliphatic rings. The molecule has 0 saturated carbocycles. The molecular weight excluding hydrogens is 556 g/mol. The van der Waals surface area contributed by atoms with E-state index in [1.165, 1.54) is 0 Å². The standard InChI is InChI=1S/C39H26N4O2/c1-5-14-27(15-6-1)36-41-37(28-16-7-2-8-17-28)43-38(42-36)29-24-25-33(40-26-29)32-22-13-23-34-35(32)45-39(44-34,30-18-9-3-10-19-30)31-20-11-4-12-21-31/h1-26H. The molecule has 0 fully saturated rings. The quantitative estimate of drug-likeness (QED) is 0.196. The van der Waals surface area contributed by atoms with Crippen molar-refractivity contribution in [2.45, 2.75) is 5.79 Å². The molecule has 0 saturated heterocycles. The number of rotatable bonds is 6. The van der Waals surface area contributed by atoms with E-state index in [1.807, 2.05) is 152 Å². The predicted octanol–water partition coefficient (Wildman–Crippen LogP) is 8.61. The van der Waals surface area contributed by atoms with Gasteiger partial charge in [0.25, 0.3) is 0 Å². The van der Waals surface area contributed by atoms with Crippen LogP contribution in [0.2, 0.25) is 0 Å². The minimum Gasteiger partial charge on any atom is -0.440 e. The Morgan fingerprint density at radius 2 is 0.933 bits per heavy atom. The molecule has 6 nitrogen and oxygen atoms in total. The van der Waals surface area contributed by atoms with Crippen molar-refractivity contribution in [3.8, 4) is 56.9 Å². The van der Waals surface area contributed by atoms with Gasteiger partial charge in [-0.15, -0.1) is 0 Å². The van der Waals surface area contributed by atoms with Gasteiger partial charge in [-0.1, -0.05) is 127 Å². The molecule has 45 heavy (non-hydrogen) atoms. The number of pyridine rings is 1. The second kappa shape index (κ2) is 11.2. The van der Waals surface area contributed by atoms with Crippen molar-refractivity contribution in [1.29, 1.82) is 0 Å². The monoisotopic (exact) mass is 582 g/mol. The Kier molecular flexibility index (Phi) is 6.57. The maximum Gasteiger partial charge on any atom is 0.305 e. The van der Waals surface area contributed by atoms with Crippen molar-refractivity contribution in [1.82, 2.24) is 19.9 Å². The van der Waals surface area contributed by atoms with E-state index in [0.29, 0.717) is 29.0 Å². The smallest absolute Gasteiger partial charge is 0.305 e. The van der Waals surface area contributed by atoms with Crippen LogP contribution in [0.15, 0.2) is 158 Å². The van der Waals surface area contributed by atoms with Crippen molar-refractivity contribution in [3.05, 3.63) is 169 Å². The fourth-order valence-corrected chi connectivity index (χ4v) is 5.56. The van der Waals surface area contributed by atoms with Crippen molar-refractivity contribution in [3.63, 3.8) is 0 Å². The average Bonchev–Trinajstić information content (AvgIpc) is 3.54. The Bertz CT molecular complexity index is 1990. The van der Waals surface area contributed by atoms with Crippen LogP contribution < -0.4 is 9.47 Å². The highest BCUT2D eigenvalue weighted by molar-refractivity contribution is 5.74. The Morgan fingerprint density at radius 3 is 1.44 bits per heavy atom. The molecule has 6 heteroatoms. The van der Waals surface area contributed by atoms with Gasteiger partial charge in [0.2, 0.25) is 0 Å². The molecule has 0 N–H and O–H groups in total. The highest BCUT2D eigenvalue weighted by Crippen LogP contribution is 2.51. The second-order valence-electron chi connectivity index (χ2n) is 10.7. The number of benzene rings is 5. The molecule has 1 aliphatic heterocycles. The van der Waals surface area contributed by atoms with Crippen LogP contribution in [0.3, 0.4) is 0 Å². The summed E-state index contributed by atoms with van der Waals surface area (Å²) >= 11 is 0. The zero-order chi connectivity index (χ0) is 30.1. The van der Waals surface area contributed by atoms with Crippen LogP contribution >= 0.6 is 0 Å². The number of hydrogen-bond acceptors (Lipinski definition) is 6. The lowest BCUT2D eigenvalue weighted by Crippen LogP contribution is -2.36. The van der Waals surface area contributed by atoms with E-state index in [0.717, 1.165) is 39.1 Å².